The highest BCUT2D eigenvalue weighted by Crippen LogP contribution is 2.23. The van der Waals surface area contributed by atoms with E-state index in [2.05, 4.69) is 10.5 Å². The Morgan fingerprint density at radius 1 is 0.970 bits per heavy atom. The van der Waals surface area contributed by atoms with Crippen molar-refractivity contribution in [2.24, 2.45) is 5.10 Å². The molecular formula is C24H23N3O6. The summed E-state index contributed by atoms with van der Waals surface area (Å²) >= 11 is 0. The van der Waals surface area contributed by atoms with E-state index in [1.165, 1.54) is 25.5 Å². The van der Waals surface area contributed by atoms with Gasteiger partial charge in [0.15, 0.2) is 0 Å². The highest BCUT2D eigenvalue weighted by molar-refractivity contribution is 5.98. The van der Waals surface area contributed by atoms with Crippen LogP contribution in [-0.2, 0) is 0 Å². The number of ether oxygens (including phenoxy) is 1. The fourth-order valence-electron chi connectivity index (χ4n) is 3.51. The number of amides is 1. The van der Waals surface area contributed by atoms with Gasteiger partial charge in [-0.15, -0.1) is 0 Å². The number of nitrogens with one attached hydrogen (secondary N) is 1. The molecule has 1 amide bonds. The van der Waals surface area contributed by atoms with E-state index in [0.717, 1.165) is 17.3 Å². The average molecular weight is 449 g/mol. The quantitative estimate of drug-likeness (QED) is 0.373. The van der Waals surface area contributed by atoms with Crippen molar-refractivity contribution in [3.63, 3.8) is 0 Å². The zero-order valence-corrected chi connectivity index (χ0v) is 18.5. The molecule has 0 fully saturated rings. The third kappa shape index (κ3) is 4.93. The first kappa shape index (κ1) is 23.3. The molecule has 0 unspecified atom stereocenters. The van der Waals surface area contributed by atoms with Gasteiger partial charge >= 0.3 is 11.9 Å². The van der Waals surface area contributed by atoms with Gasteiger partial charge in [0.1, 0.15) is 5.75 Å². The number of hydrazone groups is 1. The minimum absolute atomic E-state index is 0.132. The number of hydrogen-bond acceptors (Lipinski definition) is 5. The summed E-state index contributed by atoms with van der Waals surface area (Å²) in [5, 5.41) is 22.7. The van der Waals surface area contributed by atoms with Gasteiger partial charge in [-0.1, -0.05) is 6.07 Å². The van der Waals surface area contributed by atoms with Gasteiger partial charge in [0.05, 0.1) is 30.0 Å². The van der Waals surface area contributed by atoms with Gasteiger partial charge in [0, 0.05) is 22.6 Å². The Labute approximate surface area is 189 Å². The van der Waals surface area contributed by atoms with Crippen molar-refractivity contribution < 1.29 is 29.3 Å². The van der Waals surface area contributed by atoms with Crippen molar-refractivity contribution in [2.45, 2.75) is 20.8 Å². The molecule has 9 heteroatoms. The first-order valence-corrected chi connectivity index (χ1v) is 9.91. The number of carboxylic acids is 2. The van der Waals surface area contributed by atoms with Crippen LogP contribution in [0.3, 0.4) is 0 Å². The largest absolute Gasteiger partial charge is 0.496 e. The summed E-state index contributed by atoms with van der Waals surface area (Å²) < 4.78 is 6.98. The van der Waals surface area contributed by atoms with E-state index < -0.39 is 17.8 Å². The topological polar surface area (TPSA) is 130 Å². The molecule has 0 bridgehead atoms. The fraction of sp³-hybridized carbons (Fsp3) is 0.167. The maximum absolute atomic E-state index is 12.5. The van der Waals surface area contributed by atoms with Gasteiger partial charge in [-0.25, -0.2) is 15.0 Å². The Kier molecular flexibility index (Phi) is 6.62. The van der Waals surface area contributed by atoms with Crippen LogP contribution in [0.5, 0.6) is 5.75 Å². The number of carboxylic acid groups (broad SMARTS) is 2. The lowest BCUT2D eigenvalue weighted by molar-refractivity contribution is 0.0696. The van der Waals surface area contributed by atoms with Crippen LogP contribution in [-0.4, -0.2) is 46.0 Å². The van der Waals surface area contributed by atoms with Crippen molar-refractivity contribution in [1.29, 1.82) is 0 Å². The summed E-state index contributed by atoms with van der Waals surface area (Å²) in [6, 6.07) is 10.9. The van der Waals surface area contributed by atoms with Crippen molar-refractivity contribution in [2.75, 3.05) is 7.11 Å². The monoisotopic (exact) mass is 449 g/mol. The van der Waals surface area contributed by atoms with Gasteiger partial charge in [-0.2, -0.15) is 5.10 Å². The van der Waals surface area contributed by atoms with Crippen molar-refractivity contribution in [1.82, 2.24) is 9.99 Å². The third-order valence-corrected chi connectivity index (χ3v) is 5.11. The van der Waals surface area contributed by atoms with Gasteiger partial charge in [0.2, 0.25) is 0 Å². The van der Waals surface area contributed by atoms with E-state index in [1.54, 1.807) is 42.7 Å². The van der Waals surface area contributed by atoms with Gasteiger partial charge in [-0.3, -0.25) is 4.79 Å². The number of methoxy groups -OCH3 is 1. The van der Waals surface area contributed by atoms with E-state index in [-0.39, 0.29) is 11.1 Å². The number of rotatable bonds is 7. The Morgan fingerprint density at radius 3 is 2.18 bits per heavy atom. The van der Waals surface area contributed by atoms with E-state index in [0.29, 0.717) is 28.3 Å². The second kappa shape index (κ2) is 9.39. The SMILES string of the molecule is COc1cc(C)ccc1C(=O)N/N=C\c1cc(C)n(-c2cc(C(=O)O)cc(C(=O)O)c2)c1C. The molecule has 3 N–H and O–H groups in total. The summed E-state index contributed by atoms with van der Waals surface area (Å²) in [7, 11) is 1.48. The van der Waals surface area contributed by atoms with Crippen molar-refractivity contribution in [3.8, 4) is 11.4 Å². The zero-order chi connectivity index (χ0) is 24.3. The molecule has 0 atom stereocenters. The Bertz CT molecular complexity index is 1260. The Balaban J connectivity index is 1.90. The molecule has 9 nitrogen and oxygen atoms in total. The van der Waals surface area contributed by atoms with Gasteiger partial charge in [0.25, 0.3) is 5.91 Å². The minimum Gasteiger partial charge on any atom is -0.496 e. The van der Waals surface area contributed by atoms with Crippen molar-refractivity contribution in [3.05, 3.63) is 81.7 Å². The fourth-order valence-corrected chi connectivity index (χ4v) is 3.51. The molecule has 1 aromatic heterocycles. The summed E-state index contributed by atoms with van der Waals surface area (Å²) in [5.41, 5.74) is 6.00. The molecule has 3 rings (SSSR count). The van der Waals surface area contributed by atoms with Crippen LogP contribution in [0, 0.1) is 20.8 Å². The van der Waals surface area contributed by atoms with Crippen LogP contribution in [0.25, 0.3) is 5.69 Å². The molecule has 2 aromatic carbocycles. The highest BCUT2D eigenvalue weighted by atomic mass is 16.5. The maximum atomic E-state index is 12.5. The number of hydrogen-bond donors (Lipinski definition) is 3. The van der Waals surface area contributed by atoms with Crippen LogP contribution in [0.15, 0.2) is 47.6 Å². The molecule has 0 aliphatic heterocycles. The highest BCUT2D eigenvalue weighted by Gasteiger charge is 2.16. The summed E-state index contributed by atoms with van der Waals surface area (Å²) in [6.45, 7) is 5.48. The molecule has 0 aliphatic carbocycles. The molecule has 0 spiro atoms. The lowest BCUT2D eigenvalue weighted by Crippen LogP contribution is -2.18. The Morgan fingerprint density at radius 2 is 1.61 bits per heavy atom. The summed E-state index contributed by atoms with van der Waals surface area (Å²) in [5.74, 6) is -2.44. The van der Waals surface area contributed by atoms with Crippen molar-refractivity contribution >= 4 is 24.1 Å². The predicted octanol–water partition coefficient (Wildman–Crippen LogP) is 3.57. The molecule has 0 saturated heterocycles. The lowest BCUT2D eigenvalue weighted by Gasteiger charge is -2.12. The summed E-state index contributed by atoms with van der Waals surface area (Å²) in [6.07, 6.45) is 1.47. The van der Waals surface area contributed by atoms with E-state index in [1.807, 2.05) is 6.92 Å². The third-order valence-electron chi connectivity index (χ3n) is 5.11. The van der Waals surface area contributed by atoms with E-state index in [4.69, 9.17) is 4.74 Å². The average Bonchev–Trinajstić information content (AvgIpc) is 3.05. The number of aromatic carboxylic acids is 2. The molecule has 170 valence electrons. The number of aryl methyl sites for hydroxylation is 2. The molecule has 1 heterocycles. The predicted molar refractivity (Wildman–Crippen MR) is 122 cm³/mol. The molecule has 0 radical (unpaired) electrons. The normalized spacial score (nSPS) is 10.9. The zero-order valence-electron chi connectivity index (χ0n) is 18.5. The van der Waals surface area contributed by atoms with E-state index >= 15 is 0 Å². The van der Waals surface area contributed by atoms with Crippen LogP contribution in [0.1, 0.15) is 53.6 Å². The smallest absolute Gasteiger partial charge is 0.335 e. The number of aromatic nitrogens is 1. The molecule has 0 saturated carbocycles. The minimum atomic E-state index is -1.22. The second-order valence-electron chi connectivity index (χ2n) is 7.44. The first-order valence-electron chi connectivity index (χ1n) is 9.91. The van der Waals surface area contributed by atoms with Gasteiger partial charge < -0.3 is 19.5 Å². The standard InChI is InChI=1S/C24H23N3O6/c1-13-5-6-20(21(7-13)33-4)22(28)26-25-12-18-8-14(2)27(15(18)3)19-10-16(23(29)30)9-17(11-19)24(31)32/h5-12H,1-4H3,(H,26,28)(H,29,30)(H,31,32)/b25-12-. The first-order chi connectivity index (χ1) is 15.6. The van der Waals surface area contributed by atoms with Crippen LogP contribution < -0.4 is 10.2 Å². The Hall–Kier alpha value is -4.40. The molecular weight excluding hydrogens is 426 g/mol. The van der Waals surface area contributed by atoms with Crippen LogP contribution in [0.4, 0.5) is 0 Å². The number of carbonyl (C=O) groups excluding carboxylic acids is 1. The second-order valence-corrected chi connectivity index (χ2v) is 7.44. The number of nitrogens with zero attached hydrogens (tertiary/aromatic N) is 2. The molecule has 33 heavy (non-hydrogen) atoms. The maximum Gasteiger partial charge on any atom is 0.335 e. The van der Waals surface area contributed by atoms with E-state index in [9.17, 15) is 24.6 Å². The number of benzene rings is 2. The molecule has 3 aromatic rings. The van der Waals surface area contributed by atoms with Crippen LogP contribution in [0.2, 0.25) is 0 Å². The lowest BCUT2D eigenvalue weighted by atomic mass is 10.1. The van der Waals surface area contributed by atoms with Gasteiger partial charge in [-0.05, 0) is 62.7 Å². The van der Waals surface area contributed by atoms with Crippen LogP contribution >= 0.6 is 0 Å². The number of carbonyl (C=O) groups is 3. The molecule has 0 aliphatic rings. The summed E-state index contributed by atoms with van der Waals surface area (Å²) in [4.78, 5) is 35.4.